The number of aliphatic hydroxyl groups excluding tert-OH is 1. The Balaban J connectivity index is 1.53. The molecule has 3 rings (SSSR count). The molecule has 2 aromatic rings. The van der Waals surface area contributed by atoms with Crippen molar-refractivity contribution in [2.24, 2.45) is 5.92 Å². The van der Waals surface area contributed by atoms with Crippen LogP contribution >= 0.6 is 0 Å². The average molecular weight is 328 g/mol. The van der Waals surface area contributed by atoms with E-state index in [-0.39, 0.29) is 17.8 Å². The summed E-state index contributed by atoms with van der Waals surface area (Å²) >= 11 is 0. The third kappa shape index (κ3) is 3.92. The number of nitrogens with zero attached hydrogens (tertiary/aromatic N) is 1. The highest BCUT2D eigenvalue weighted by Gasteiger charge is 2.28. The number of hydrogen-bond donors (Lipinski definition) is 2. The van der Waals surface area contributed by atoms with Crippen LogP contribution < -0.4 is 5.32 Å². The fourth-order valence-corrected chi connectivity index (χ4v) is 3.07. The van der Waals surface area contributed by atoms with E-state index < -0.39 is 6.10 Å². The van der Waals surface area contributed by atoms with E-state index in [0.717, 1.165) is 24.1 Å². The number of urea groups is 1. The fraction of sp³-hybridized carbons (Fsp3) is 0.316. The van der Waals surface area contributed by atoms with Crippen LogP contribution in [0.5, 0.6) is 0 Å². The Morgan fingerprint density at radius 3 is 2.33 bits per heavy atom. The molecule has 1 unspecified atom stereocenters. The highest BCUT2D eigenvalue weighted by molar-refractivity contribution is 5.89. The average Bonchev–Trinajstić information content (AvgIpc) is 2.63. The molecule has 0 aromatic heterocycles. The molecule has 4 nitrogen and oxygen atoms in total. The van der Waals surface area contributed by atoms with Gasteiger partial charge >= 0.3 is 6.03 Å². The summed E-state index contributed by atoms with van der Waals surface area (Å²) in [6, 6.07) is 15.2. The minimum absolute atomic E-state index is 0.0798. The maximum atomic E-state index is 13.0. The van der Waals surface area contributed by atoms with Crippen molar-refractivity contribution in [3.8, 4) is 0 Å². The van der Waals surface area contributed by atoms with Crippen molar-refractivity contribution in [3.05, 3.63) is 66.0 Å². The maximum Gasteiger partial charge on any atom is 0.321 e. The van der Waals surface area contributed by atoms with E-state index in [9.17, 15) is 14.3 Å². The van der Waals surface area contributed by atoms with Gasteiger partial charge in [0.15, 0.2) is 0 Å². The number of hydrogen-bond acceptors (Lipinski definition) is 2. The van der Waals surface area contributed by atoms with Gasteiger partial charge in [0.1, 0.15) is 5.82 Å². The number of para-hydroxylation sites is 1. The first-order chi connectivity index (χ1) is 11.6. The molecule has 1 atom stereocenters. The molecule has 2 amide bonds. The quantitative estimate of drug-likeness (QED) is 0.900. The third-order valence-electron chi connectivity index (χ3n) is 4.51. The second-order valence-electron chi connectivity index (χ2n) is 6.12. The van der Waals surface area contributed by atoms with Gasteiger partial charge in [-0.1, -0.05) is 30.3 Å². The van der Waals surface area contributed by atoms with Crippen LogP contribution in [0.1, 0.15) is 24.5 Å². The molecule has 2 N–H and O–H groups in total. The van der Waals surface area contributed by atoms with Gasteiger partial charge in [-0.25, -0.2) is 9.18 Å². The van der Waals surface area contributed by atoms with Crippen molar-refractivity contribution < 1.29 is 14.3 Å². The molecule has 0 aliphatic carbocycles. The lowest BCUT2D eigenvalue weighted by atomic mass is 9.87. The molecular weight excluding hydrogens is 307 g/mol. The number of likely N-dealkylation sites (tertiary alicyclic amines) is 1. The van der Waals surface area contributed by atoms with Gasteiger partial charge in [-0.15, -0.1) is 0 Å². The molecule has 1 aliphatic heterocycles. The summed E-state index contributed by atoms with van der Waals surface area (Å²) in [5.41, 5.74) is 1.50. The number of rotatable bonds is 3. The number of amides is 2. The molecule has 5 heteroatoms. The summed E-state index contributed by atoms with van der Waals surface area (Å²) < 4.78 is 13.0. The number of nitrogens with one attached hydrogen (secondary N) is 1. The number of carbonyl (C=O) groups is 1. The molecule has 1 heterocycles. The van der Waals surface area contributed by atoms with Crippen molar-refractivity contribution in [1.29, 1.82) is 0 Å². The topological polar surface area (TPSA) is 52.6 Å². The van der Waals surface area contributed by atoms with E-state index in [2.05, 4.69) is 5.32 Å². The van der Waals surface area contributed by atoms with Crippen molar-refractivity contribution in [2.45, 2.75) is 18.9 Å². The van der Waals surface area contributed by atoms with Crippen LogP contribution in [0.25, 0.3) is 0 Å². The lowest BCUT2D eigenvalue weighted by molar-refractivity contribution is 0.0682. The first-order valence-corrected chi connectivity index (χ1v) is 8.18. The summed E-state index contributed by atoms with van der Waals surface area (Å²) in [5, 5.41) is 13.3. The molecule has 2 aromatic carbocycles. The summed E-state index contributed by atoms with van der Waals surface area (Å²) in [4.78, 5) is 14.0. The van der Waals surface area contributed by atoms with Crippen LogP contribution in [-0.2, 0) is 0 Å². The minimum atomic E-state index is -0.620. The van der Waals surface area contributed by atoms with Gasteiger partial charge in [-0.2, -0.15) is 0 Å². The second kappa shape index (κ2) is 7.45. The van der Waals surface area contributed by atoms with E-state index in [1.165, 1.54) is 12.1 Å². The van der Waals surface area contributed by atoms with Gasteiger partial charge in [0, 0.05) is 18.8 Å². The zero-order valence-electron chi connectivity index (χ0n) is 13.4. The third-order valence-corrected chi connectivity index (χ3v) is 4.51. The standard InChI is InChI=1S/C19H21FN2O2/c20-16-8-6-14(7-9-16)18(23)15-10-12-22(13-11-15)19(24)21-17-4-2-1-3-5-17/h1-9,15,18,23H,10-13H2,(H,21,24). The van der Waals surface area contributed by atoms with E-state index in [4.69, 9.17) is 0 Å². The van der Waals surface area contributed by atoms with Gasteiger partial charge in [0.05, 0.1) is 6.10 Å². The molecular formula is C19H21FN2O2. The van der Waals surface area contributed by atoms with Crippen molar-refractivity contribution >= 4 is 11.7 Å². The molecule has 0 saturated carbocycles. The van der Waals surface area contributed by atoms with Crippen molar-refractivity contribution in [3.63, 3.8) is 0 Å². The second-order valence-corrected chi connectivity index (χ2v) is 6.12. The SMILES string of the molecule is O=C(Nc1ccccc1)N1CCC(C(O)c2ccc(F)cc2)CC1. The predicted molar refractivity (Wildman–Crippen MR) is 91.1 cm³/mol. The fourth-order valence-electron chi connectivity index (χ4n) is 3.07. The van der Waals surface area contributed by atoms with E-state index in [0.29, 0.717) is 13.1 Å². The number of aliphatic hydroxyl groups is 1. The molecule has 0 radical (unpaired) electrons. The van der Waals surface area contributed by atoms with Gasteiger partial charge in [0.25, 0.3) is 0 Å². The largest absolute Gasteiger partial charge is 0.388 e. The number of carbonyl (C=O) groups excluding carboxylic acids is 1. The Hall–Kier alpha value is -2.40. The lowest BCUT2D eigenvalue weighted by Gasteiger charge is -2.34. The van der Waals surface area contributed by atoms with Crippen LogP contribution in [0.3, 0.4) is 0 Å². The summed E-state index contributed by atoms with van der Waals surface area (Å²) in [7, 11) is 0. The van der Waals surface area contributed by atoms with Crippen molar-refractivity contribution in [1.82, 2.24) is 4.90 Å². The first kappa shape index (κ1) is 16.5. The summed E-state index contributed by atoms with van der Waals surface area (Å²) in [6.45, 7) is 1.20. The molecule has 1 saturated heterocycles. The Labute approximate surface area is 140 Å². The van der Waals surface area contributed by atoms with Crippen LogP contribution in [0.15, 0.2) is 54.6 Å². The van der Waals surface area contributed by atoms with Gasteiger partial charge in [-0.05, 0) is 48.6 Å². The zero-order valence-corrected chi connectivity index (χ0v) is 13.4. The Morgan fingerprint density at radius 1 is 1.08 bits per heavy atom. The predicted octanol–water partition coefficient (Wildman–Crippen LogP) is 3.80. The first-order valence-electron chi connectivity index (χ1n) is 8.18. The van der Waals surface area contributed by atoms with E-state index >= 15 is 0 Å². The zero-order chi connectivity index (χ0) is 16.9. The van der Waals surface area contributed by atoms with Crippen LogP contribution in [0.4, 0.5) is 14.9 Å². The monoisotopic (exact) mass is 328 g/mol. The Kier molecular flexibility index (Phi) is 5.11. The number of benzene rings is 2. The van der Waals surface area contributed by atoms with Crippen LogP contribution in [0.2, 0.25) is 0 Å². The molecule has 1 aliphatic rings. The van der Waals surface area contributed by atoms with Gasteiger partial charge in [-0.3, -0.25) is 0 Å². The van der Waals surface area contributed by atoms with Crippen LogP contribution in [0, 0.1) is 11.7 Å². The smallest absolute Gasteiger partial charge is 0.321 e. The van der Waals surface area contributed by atoms with E-state index in [1.807, 2.05) is 30.3 Å². The molecule has 0 bridgehead atoms. The van der Waals surface area contributed by atoms with Gasteiger partial charge in [0.2, 0.25) is 0 Å². The minimum Gasteiger partial charge on any atom is -0.388 e. The molecule has 126 valence electrons. The van der Waals surface area contributed by atoms with Crippen molar-refractivity contribution in [2.75, 3.05) is 18.4 Å². The van der Waals surface area contributed by atoms with Gasteiger partial charge < -0.3 is 15.3 Å². The van der Waals surface area contributed by atoms with Crippen LogP contribution in [-0.4, -0.2) is 29.1 Å². The Morgan fingerprint density at radius 2 is 1.71 bits per heavy atom. The Bertz CT molecular complexity index is 668. The highest BCUT2D eigenvalue weighted by Crippen LogP contribution is 2.31. The number of piperidine rings is 1. The molecule has 0 spiro atoms. The highest BCUT2D eigenvalue weighted by atomic mass is 19.1. The summed E-state index contributed by atoms with van der Waals surface area (Å²) in [5.74, 6) is -0.227. The number of anilines is 1. The normalized spacial score (nSPS) is 16.7. The molecule has 24 heavy (non-hydrogen) atoms. The maximum absolute atomic E-state index is 13.0. The number of halogens is 1. The van der Waals surface area contributed by atoms with E-state index in [1.54, 1.807) is 17.0 Å². The lowest BCUT2D eigenvalue weighted by Crippen LogP contribution is -2.42. The summed E-state index contributed by atoms with van der Waals surface area (Å²) in [6.07, 6.45) is 0.826. The molecule has 1 fully saturated rings.